The van der Waals surface area contributed by atoms with Crippen LogP contribution in [0.15, 0.2) is 18.2 Å². The number of alkyl halides is 1. The Hall–Kier alpha value is -0.370. The maximum atomic E-state index is 4.59. The summed E-state index contributed by atoms with van der Waals surface area (Å²) in [6, 6.07) is 6.25. The first-order chi connectivity index (χ1) is 6.52. The van der Waals surface area contributed by atoms with Crippen LogP contribution < -0.4 is 0 Å². The number of aryl methyl sites for hydroxylation is 1. The van der Waals surface area contributed by atoms with Crippen LogP contribution in [0.1, 0.15) is 38.1 Å². The first-order valence-corrected chi connectivity index (χ1v) is 6.01. The zero-order valence-electron chi connectivity index (χ0n) is 9.29. The smallest absolute Gasteiger partial charge is 0.0451 e. The molecule has 0 fully saturated rings. The number of hydrogen-bond acceptors (Lipinski definition) is 1. The lowest BCUT2D eigenvalue weighted by Crippen LogP contribution is -2.17. The summed E-state index contributed by atoms with van der Waals surface area (Å²) >= 11 is 3.66. The minimum absolute atomic E-state index is 0.469. The van der Waals surface area contributed by atoms with Gasteiger partial charge in [-0.3, -0.25) is 4.98 Å². The molecule has 2 atom stereocenters. The van der Waals surface area contributed by atoms with E-state index in [2.05, 4.69) is 53.8 Å². The molecule has 1 aromatic heterocycles. The van der Waals surface area contributed by atoms with Crippen LogP contribution in [-0.2, 0) is 0 Å². The summed E-state index contributed by atoms with van der Waals surface area (Å²) in [4.78, 5) is 5.06. The van der Waals surface area contributed by atoms with E-state index in [1.165, 1.54) is 5.69 Å². The van der Waals surface area contributed by atoms with E-state index >= 15 is 0 Å². The van der Waals surface area contributed by atoms with E-state index < -0.39 is 0 Å². The van der Waals surface area contributed by atoms with Crippen molar-refractivity contribution in [1.29, 1.82) is 0 Å². The molecule has 0 bridgehead atoms. The summed E-state index contributed by atoms with van der Waals surface area (Å²) < 4.78 is 0. The lowest BCUT2D eigenvalue weighted by molar-refractivity contribution is 0.487. The fourth-order valence-electron chi connectivity index (χ4n) is 1.86. The third-order valence-corrected chi connectivity index (χ3v) is 3.03. The molecule has 0 saturated carbocycles. The van der Waals surface area contributed by atoms with Crippen LogP contribution in [0.25, 0.3) is 0 Å². The number of aromatic nitrogens is 1. The van der Waals surface area contributed by atoms with Crippen LogP contribution in [0.3, 0.4) is 0 Å². The van der Waals surface area contributed by atoms with Gasteiger partial charge >= 0.3 is 0 Å². The summed E-state index contributed by atoms with van der Waals surface area (Å²) in [7, 11) is 0. The lowest BCUT2D eigenvalue weighted by atomic mass is 9.89. The first kappa shape index (κ1) is 11.7. The first-order valence-electron chi connectivity index (χ1n) is 5.10. The van der Waals surface area contributed by atoms with Gasteiger partial charge in [0, 0.05) is 22.1 Å². The van der Waals surface area contributed by atoms with Gasteiger partial charge in [0.2, 0.25) is 0 Å². The zero-order valence-corrected chi connectivity index (χ0v) is 10.9. The molecule has 1 heterocycles. The van der Waals surface area contributed by atoms with Crippen molar-refractivity contribution in [3.63, 3.8) is 0 Å². The quantitative estimate of drug-likeness (QED) is 0.747. The predicted octanol–water partition coefficient (Wildman–Crippen LogP) is 3.91. The molecule has 0 aliphatic heterocycles. The predicted molar refractivity (Wildman–Crippen MR) is 64.9 cm³/mol. The van der Waals surface area contributed by atoms with Crippen LogP contribution >= 0.6 is 15.9 Å². The van der Waals surface area contributed by atoms with Gasteiger partial charge < -0.3 is 0 Å². The molecular weight excluding hydrogens is 238 g/mol. The Balaban J connectivity index is 2.99. The minimum Gasteiger partial charge on any atom is -0.258 e. The van der Waals surface area contributed by atoms with Gasteiger partial charge in [0.25, 0.3) is 0 Å². The molecule has 0 aliphatic carbocycles. The molecule has 78 valence electrons. The molecular formula is C12H18BrN. The highest BCUT2D eigenvalue weighted by atomic mass is 79.9. The molecule has 2 unspecified atom stereocenters. The van der Waals surface area contributed by atoms with E-state index in [-0.39, 0.29) is 0 Å². The van der Waals surface area contributed by atoms with Crippen molar-refractivity contribution in [2.45, 2.75) is 38.4 Å². The standard InChI is InChI=1S/C12H18BrN/c1-8(2)12(10(4)13)11-7-5-6-9(3)14-11/h5-8,10,12H,1-4H3. The van der Waals surface area contributed by atoms with Crippen LogP contribution in [0.5, 0.6) is 0 Å². The second-order valence-corrected chi connectivity index (χ2v) is 5.60. The van der Waals surface area contributed by atoms with Crippen LogP contribution in [0, 0.1) is 12.8 Å². The van der Waals surface area contributed by atoms with Crippen molar-refractivity contribution >= 4 is 15.9 Å². The van der Waals surface area contributed by atoms with E-state index in [9.17, 15) is 0 Å². The molecule has 1 aromatic rings. The summed E-state index contributed by atoms with van der Waals surface area (Å²) in [5, 5.41) is 0. The molecule has 1 rings (SSSR count). The van der Waals surface area contributed by atoms with Crippen LogP contribution in [0.2, 0.25) is 0 Å². The summed E-state index contributed by atoms with van der Waals surface area (Å²) in [5.41, 5.74) is 2.30. The molecule has 0 spiro atoms. The van der Waals surface area contributed by atoms with Crippen molar-refractivity contribution in [2.75, 3.05) is 0 Å². The van der Waals surface area contributed by atoms with Gasteiger partial charge in [0.15, 0.2) is 0 Å². The normalized spacial score (nSPS) is 15.6. The van der Waals surface area contributed by atoms with Crippen LogP contribution in [-0.4, -0.2) is 9.81 Å². The van der Waals surface area contributed by atoms with Crippen molar-refractivity contribution in [3.05, 3.63) is 29.6 Å². The van der Waals surface area contributed by atoms with E-state index in [1.807, 2.05) is 13.0 Å². The summed E-state index contributed by atoms with van der Waals surface area (Å²) in [5.74, 6) is 1.11. The average molecular weight is 256 g/mol. The maximum Gasteiger partial charge on any atom is 0.0451 e. The van der Waals surface area contributed by atoms with E-state index in [4.69, 9.17) is 0 Å². The molecule has 1 nitrogen and oxygen atoms in total. The number of pyridine rings is 1. The van der Waals surface area contributed by atoms with Gasteiger partial charge in [0.05, 0.1) is 0 Å². The number of rotatable bonds is 3. The molecule has 0 aromatic carbocycles. The molecule has 0 aliphatic rings. The molecule has 14 heavy (non-hydrogen) atoms. The van der Waals surface area contributed by atoms with Gasteiger partial charge in [0.1, 0.15) is 0 Å². The zero-order chi connectivity index (χ0) is 10.7. The Morgan fingerprint density at radius 2 is 1.86 bits per heavy atom. The highest BCUT2D eigenvalue weighted by Gasteiger charge is 2.21. The highest BCUT2D eigenvalue weighted by molar-refractivity contribution is 9.09. The minimum atomic E-state index is 0.469. The van der Waals surface area contributed by atoms with Gasteiger partial charge in [-0.1, -0.05) is 42.8 Å². The Bertz CT molecular complexity index is 286. The molecule has 0 amide bonds. The van der Waals surface area contributed by atoms with E-state index in [1.54, 1.807) is 0 Å². The Morgan fingerprint density at radius 3 is 2.29 bits per heavy atom. The molecule has 2 heteroatoms. The maximum absolute atomic E-state index is 4.59. The summed E-state index contributed by atoms with van der Waals surface area (Å²) in [6.45, 7) is 8.72. The van der Waals surface area contributed by atoms with E-state index in [0.717, 1.165) is 5.69 Å². The Kier molecular flexibility index (Phi) is 4.11. The third-order valence-electron chi connectivity index (χ3n) is 2.46. The van der Waals surface area contributed by atoms with Gasteiger partial charge in [-0.2, -0.15) is 0 Å². The van der Waals surface area contributed by atoms with Gasteiger partial charge in [-0.15, -0.1) is 0 Å². The van der Waals surface area contributed by atoms with Crippen LogP contribution in [0.4, 0.5) is 0 Å². The monoisotopic (exact) mass is 255 g/mol. The Morgan fingerprint density at radius 1 is 1.21 bits per heavy atom. The molecule has 0 radical (unpaired) electrons. The number of nitrogens with zero attached hydrogens (tertiary/aromatic N) is 1. The second-order valence-electron chi connectivity index (χ2n) is 4.15. The van der Waals surface area contributed by atoms with Crippen molar-refractivity contribution in [2.24, 2.45) is 5.92 Å². The fourth-order valence-corrected chi connectivity index (χ4v) is 2.74. The van der Waals surface area contributed by atoms with Gasteiger partial charge in [-0.25, -0.2) is 0 Å². The Labute approximate surface area is 95.1 Å². The van der Waals surface area contributed by atoms with Crippen molar-refractivity contribution in [1.82, 2.24) is 4.98 Å². The van der Waals surface area contributed by atoms with Gasteiger partial charge in [-0.05, 0) is 25.0 Å². The SMILES string of the molecule is Cc1cccc(C(C(C)C)C(C)Br)n1. The average Bonchev–Trinajstić information content (AvgIpc) is 2.02. The largest absolute Gasteiger partial charge is 0.258 e. The van der Waals surface area contributed by atoms with Crippen molar-refractivity contribution in [3.8, 4) is 0 Å². The molecule has 0 saturated heterocycles. The van der Waals surface area contributed by atoms with E-state index in [0.29, 0.717) is 16.7 Å². The third kappa shape index (κ3) is 2.81. The highest BCUT2D eigenvalue weighted by Crippen LogP contribution is 2.30. The topological polar surface area (TPSA) is 12.9 Å². The lowest BCUT2D eigenvalue weighted by Gasteiger charge is -2.23. The molecule has 0 N–H and O–H groups in total. The number of halogens is 1. The van der Waals surface area contributed by atoms with Crippen molar-refractivity contribution < 1.29 is 0 Å². The summed E-state index contributed by atoms with van der Waals surface area (Å²) in [6.07, 6.45) is 0. The fraction of sp³-hybridized carbons (Fsp3) is 0.583. The number of hydrogen-bond donors (Lipinski definition) is 0. The second kappa shape index (κ2) is 4.92.